The molecule has 1 saturated heterocycles. The standard InChI is InChI=1S/C25H21ClN2O5/c1-3-33-17-8-6-16(7-9-17)28-22(15-5-4-12-27-14-15)21(24(30)25(28)31)23(29)19-13-18(32-2)10-11-20(19)26/h4-14,22,29H,3H2,1-2H3/b23-21+. The Hall–Kier alpha value is -3.84. The first-order valence-electron chi connectivity index (χ1n) is 10.2. The van der Waals surface area contributed by atoms with Gasteiger partial charge >= 0.3 is 0 Å². The van der Waals surface area contributed by atoms with Crippen molar-refractivity contribution in [1.82, 2.24) is 4.98 Å². The lowest BCUT2D eigenvalue weighted by molar-refractivity contribution is -0.132. The highest BCUT2D eigenvalue weighted by molar-refractivity contribution is 6.52. The van der Waals surface area contributed by atoms with Gasteiger partial charge in [0.25, 0.3) is 11.7 Å². The number of aliphatic hydroxyl groups is 1. The SMILES string of the molecule is CCOc1ccc(N2C(=O)C(=O)/C(=C(/O)c3cc(OC)ccc3Cl)C2c2cccnc2)cc1. The third kappa shape index (κ3) is 4.15. The average molecular weight is 465 g/mol. The molecule has 8 heteroatoms. The lowest BCUT2D eigenvalue weighted by Gasteiger charge is -2.25. The summed E-state index contributed by atoms with van der Waals surface area (Å²) in [5, 5.41) is 11.4. The van der Waals surface area contributed by atoms with Crippen molar-refractivity contribution in [1.29, 1.82) is 0 Å². The first kappa shape index (κ1) is 22.4. The Morgan fingerprint density at radius 3 is 2.48 bits per heavy atom. The van der Waals surface area contributed by atoms with Crippen molar-refractivity contribution < 1.29 is 24.2 Å². The normalized spacial score (nSPS) is 17.3. The number of carbonyl (C=O) groups excluding carboxylic acids is 2. The van der Waals surface area contributed by atoms with E-state index in [9.17, 15) is 14.7 Å². The van der Waals surface area contributed by atoms with Gasteiger partial charge in [-0.15, -0.1) is 0 Å². The molecule has 7 nitrogen and oxygen atoms in total. The molecule has 1 atom stereocenters. The molecular formula is C25H21ClN2O5. The molecule has 3 aromatic rings. The lowest BCUT2D eigenvalue weighted by Crippen LogP contribution is -2.29. The van der Waals surface area contributed by atoms with Crippen LogP contribution in [-0.2, 0) is 9.59 Å². The van der Waals surface area contributed by atoms with Crippen LogP contribution in [-0.4, -0.2) is 35.5 Å². The highest BCUT2D eigenvalue weighted by Crippen LogP contribution is 2.43. The number of rotatable bonds is 6. The quantitative estimate of drug-likeness (QED) is 0.321. The number of hydrogen-bond donors (Lipinski definition) is 1. The maximum atomic E-state index is 13.2. The molecule has 2 heterocycles. The van der Waals surface area contributed by atoms with Crippen LogP contribution in [0.3, 0.4) is 0 Å². The number of nitrogens with zero attached hydrogens (tertiary/aromatic N) is 2. The zero-order valence-electron chi connectivity index (χ0n) is 18.0. The lowest BCUT2D eigenvalue weighted by atomic mass is 9.96. The Balaban J connectivity index is 1.91. The molecular weight excluding hydrogens is 444 g/mol. The van der Waals surface area contributed by atoms with Gasteiger partial charge in [-0.25, -0.2) is 0 Å². The van der Waals surface area contributed by atoms with Crippen LogP contribution in [0.1, 0.15) is 24.1 Å². The molecule has 0 radical (unpaired) electrons. The molecule has 1 aliphatic heterocycles. The molecule has 1 unspecified atom stereocenters. The monoisotopic (exact) mass is 464 g/mol. The van der Waals surface area contributed by atoms with E-state index in [1.54, 1.807) is 60.9 Å². The number of benzene rings is 2. The van der Waals surface area contributed by atoms with E-state index in [4.69, 9.17) is 21.1 Å². The second-order valence-corrected chi connectivity index (χ2v) is 7.64. The summed E-state index contributed by atoms with van der Waals surface area (Å²) in [6.07, 6.45) is 3.14. The second kappa shape index (κ2) is 9.34. The largest absolute Gasteiger partial charge is 0.507 e. The van der Waals surface area contributed by atoms with Crippen molar-refractivity contribution in [2.24, 2.45) is 0 Å². The van der Waals surface area contributed by atoms with Gasteiger partial charge in [0.1, 0.15) is 17.3 Å². The third-order valence-corrected chi connectivity index (χ3v) is 5.63. The Labute approximate surface area is 195 Å². The molecule has 168 valence electrons. The molecule has 33 heavy (non-hydrogen) atoms. The molecule has 0 saturated carbocycles. The number of ketones is 1. The maximum absolute atomic E-state index is 13.2. The number of hydrogen-bond acceptors (Lipinski definition) is 6. The molecule has 1 fully saturated rings. The summed E-state index contributed by atoms with van der Waals surface area (Å²) >= 11 is 6.32. The minimum Gasteiger partial charge on any atom is -0.507 e. The van der Waals surface area contributed by atoms with Crippen LogP contribution in [0.4, 0.5) is 5.69 Å². The summed E-state index contributed by atoms with van der Waals surface area (Å²) in [5.41, 5.74) is 1.14. The minimum absolute atomic E-state index is 0.0861. The zero-order chi connectivity index (χ0) is 23.5. The fraction of sp³-hybridized carbons (Fsp3) is 0.160. The van der Waals surface area contributed by atoms with Gasteiger partial charge in [0, 0.05) is 23.6 Å². The van der Waals surface area contributed by atoms with Crippen molar-refractivity contribution in [3.05, 3.63) is 88.7 Å². The fourth-order valence-electron chi connectivity index (χ4n) is 3.78. The van der Waals surface area contributed by atoms with Crippen LogP contribution < -0.4 is 14.4 Å². The Bertz CT molecular complexity index is 1230. The topological polar surface area (TPSA) is 89.0 Å². The van der Waals surface area contributed by atoms with E-state index < -0.39 is 17.7 Å². The highest BCUT2D eigenvalue weighted by Gasteiger charge is 2.47. The molecule has 1 amide bonds. The molecule has 1 N–H and O–H groups in total. The van der Waals surface area contributed by atoms with Crippen LogP contribution >= 0.6 is 11.6 Å². The average Bonchev–Trinajstić information content (AvgIpc) is 3.11. The number of halogens is 1. The molecule has 4 rings (SSSR count). The van der Waals surface area contributed by atoms with Crippen molar-refractivity contribution >= 4 is 34.7 Å². The number of anilines is 1. The van der Waals surface area contributed by atoms with Gasteiger partial charge in [0.05, 0.1) is 30.4 Å². The minimum atomic E-state index is -0.904. The number of ether oxygens (including phenoxy) is 2. The summed E-state index contributed by atoms with van der Waals surface area (Å²) in [4.78, 5) is 31.9. The second-order valence-electron chi connectivity index (χ2n) is 7.23. The maximum Gasteiger partial charge on any atom is 0.300 e. The van der Waals surface area contributed by atoms with E-state index >= 15 is 0 Å². The van der Waals surface area contributed by atoms with E-state index in [1.165, 1.54) is 18.1 Å². The number of aliphatic hydroxyl groups excluding tert-OH is 1. The van der Waals surface area contributed by atoms with Gasteiger partial charge < -0.3 is 14.6 Å². The first-order valence-corrected chi connectivity index (χ1v) is 10.6. The van der Waals surface area contributed by atoms with Crippen molar-refractivity contribution in [3.8, 4) is 11.5 Å². The van der Waals surface area contributed by atoms with E-state index in [0.717, 1.165) is 0 Å². The number of aromatic nitrogens is 1. The number of amides is 1. The molecule has 1 aliphatic rings. The van der Waals surface area contributed by atoms with Gasteiger partial charge in [0.2, 0.25) is 0 Å². The van der Waals surface area contributed by atoms with Crippen LogP contribution in [0.5, 0.6) is 11.5 Å². The zero-order valence-corrected chi connectivity index (χ0v) is 18.7. The molecule has 0 aliphatic carbocycles. The fourth-order valence-corrected chi connectivity index (χ4v) is 3.99. The Kier molecular flexibility index (Phi) is 6.33. The van der Waals surface area contributed by atoms with Crippen LogP contribution in [0.25, 0.3) is 5.76 Å². The van der Waals surface area contributed by atoms with E-state index in [1.807, 2.05) is 6.92 Å². The van der Waals surface area contributed by atoms with E-state index in [2.05, 4.69) is 4.98 Å². The number of methoxy groups -OCH3 is 1. The summed E-state index contributed by atoms with van der Waals surface area (Å²) in [6, 6.07) is 14.1. The Morgan fingerprint density at radius 1 is 1.12 bits per heavy atom. The van der Waals surface area contributed by atoms with E-state index in [0.29, 0.717) is 29.4 Å². The summed E-state index contributed by atoms with van der Waals surface area (Å²) < 4.78 is 10.7. The predicted molar refractivity (Wildman–Crippen MR) is 125 cm³/mol. The van der Waals surface area contributed by atoms with Gasteiger partial charge in [-0.1, -0.05) is 17.7 Å². The van der Waals surface area contributed by atoms with Gasteiger partial charge in [0.15, 0.2) is 0 Å². The molecule has 0 bridgehead atoms. The van der Waals surface area contributed by atoms with Crippen LogP contribution in [0, 0.1) is 0 Å². The van der Waals surface area contributed by atoms with Crippen molar-refractivity contribution in [2.45, 2.75) is 13.0 Å². The first-order chi connectivity index (χ1) is 16.0. The Morgan fingerprint density at radius 2 is 1.85 bits per heavy atom. The number of carbonyl (C=O) groups is 2. The van der Waals surface area contributed by atoms with Crippen LogP contribution in [0.15, 0.2) is 72.6 Å². The van der Waals surface area contributed by atoms with Crippen molar-refractivity contribution in [2.75, 3.05) is 18.6 Å². The number of pyridine rings is 1. The highest BCUT2D eigenvalue weighted by atomic mass is 35.5. The predicted octanol–water partition coefficient (Wildman–Crippen LogP) is 4.77. The van der Waals surface area contributed by atoms with Gasteiger partial charge in [-0.05, 0) is 61.0 Å². The summed E-state index contributed by atoms with van der Waals surface area (Å²) in [6.45, 7) is 2.37. The number of Topliss-reactive ketones (excluding diaryl/α,β-unsaturated/α-hetero) is 1. The molecule has 2 aromatic carbocycles. The van der Waals surface area contributed by atoms with Gasteiger partial charge in [-0.2, -0.15) is 0 Å². The molecule has 1 aromatic heterocycles. The van der Waals surface area contributed by atoms with Crippen molar-refractivity contribution in [3.63, 3.8) is 0 Å². The molecule has 0 spiro atoms. The summed E-state index contributed by atoms with van der Waals surface area (Å²) in [7, 11) is 1.48. The van der Waals surface area contributed by atoms with E-state index in [-0.39, 0.29) is 21.9 Å². The third-order valence-electron chi connectivity index (χ3n) is 5.30. The smallest absolute Gasteiger partial charge is 0.300 e. The van der Waals surface area contributed by atoms with Gasteiger partial charge in [-0.3, -0.25) is 19.5 Å². The summed E-state index contributed by atoms with van der Waals surface area (Å²) in [5.74, 6) is -0.902. The van der Waals surface area contributed by atoms with Crippen LogP contribution in [0.2, 0.25) is 5.02 Å².